The van der Waals surface area contributed by atoms with Crippen LogP contribution in [0.4, 0.5) is 0 Å². The van der Waals surface area contributed by atoms with Gasteiger partial charge in [-0.05, 0) is 12.8 Å². The zero-order valence-corrected chi connectivity index (χ0v) is 10.6. The van der Waals surface area contributed by atoms with Gasteiger partial charge in [-0.3, -0.25) is 0 Å². The van der Waals surface area contributed by atoms with Crippen molar-refractivity contribution < 1.29 is 19.1 Å². The van der Waals surface area contributed by atoms with Gasteiger partial charge in [-0.1, -0.05) is 6.42 Å². The van der Waals surface area contributed by atoms with Gasteiger partial charge in [-0.15, -0.1) is 0 Å². The highest BCUT2D eigenvalue weighted by Crippen LogP contribution is 2.37. The predicted molar refractivity (Wildman–Crippen MR) is 63.0 cm³/mol. The Hall–Kier alpha value is -0.160. The fraction of sp³-hybridized carbons (Fsp3) is 1.00. The lowest BCUT2D eigenvalue weighted by atomic mass is 9.94. The summed E-state index contributed by atoms with van der Waals surface area (Å²) < 4.78 is 17.6. The molecule has 0 amide bonds. The number of hydrogen-bond donors (Lipinski definition) is 1. The van der Waals surface area contributed by atoms with E-state index in [1.54, 1.807) is 4.90 Å². The van der Waals surface area contributed by atoms with Crippen LogP contribution in [0.2, 0.25) is 0 Å². The maximum absolute atomic E-state index is 6.21. The molecule has 2 saturated heterocycles. The maximum atomic E-state index is 6.21. The molecule has 3 aliphatic rings. The molecule has 4 nitrogen and oxygen atoms in total. The Morgan fingerprint density at radius 3 is 2.59 bits per heavy atom. The first-order valence-electron chi connectivity index (χ1n) is 7.09. The minimum Gasteiger partial charge on any atom is -0.370 e. The van der Waals surface area contributed by atoms with Crippen LogP contribution < -0.4 is 4.90 Å². The van der Waals surface area contributed by atoms with Gasteiger partial charge in [0.2, 0.25) is 0 Å². The van der Waals surface area contributed by atoms with Crippen LogP contribution in [0.1, 0.15) is 32.1 Å². The summed E-state index contributed by atoms with van der Waals surface area (Å²) >= 11 is 0. The highest BCUT2D eigenvalue weighted by atomic mass is 16.7. The highest BCUT2D eigenvalue weighted by Gasteiger charge is 2.43. The second-order valence-electron chi connectivity index (χ2n) is 5.59. The number of morpholine rings is 1. The van der Waals surface area contributed by atoms with Gasteiger partial charge in [-0.2, -0.15) is 0 Å². The van der Waals surface area contributed by atoms with Crippen LogP contribution in [0.3, 0.4) is 0 Å². The van der Waals surface area contributed by atoms with Crippen LogP contribution in [0, 0.1) is 0 Å². The molecule has 0 aromatic heterocycles. The summed E-state index contributed by atoms with van der Waals surface area (Å²) in [4.78, 5) is 1.61. The van der Waals surface area contributed by atoms with E-state index in [1.165, 1.54) is 19.3 Å². The zero-order valence-electron chi connectivity index (χ0n) is 10.6. The molecule has 98 valence electrons. The summed E-state index contributed by atoms with van der Waals surface area (Å²) in [6, 6.07) is 0. The molecule has 2 aliphatic heterocycles. The van der Waals surface area contributed by atoms with Crippen molar-refractivity contribution in [2.45, 2.75) is 44.0 Å². The topological polar surface area (TPSA) is 32.1 Å². The average Bonchev–Trinajstić information content (AvgIpc) is 2.74. The third kappa shape index (κ3) is 2.81. The molecular weight excluding hydrogens is 218 g/mol. The number of nitrogens with one attached hydrogen (secondary N) is 1. The van der Waals surface area contributed by atoms with Gasteiger partial charge in [0, 0.05) is 12.8 Å². The van der Waals surface area contributed by atoms with Gasteiger partial charge >= 0.3 is 0 Å². The van der Waals surface area contributed by atoms with Gasteiger partial charge < -0.3 is 19.1 Å². The van der Waals surface area contributed by atoms with E-state index in [2.05, 4.69) is 0 Å². The molecule has 0 radical (unpaired) electrons. The average molecular weight is 242 g/mol. The van der Waals surface area contributed by atoms with Crippen LogP contribution in [0.25, 0.3) is 0 Å². The molecule has 3 fully saturated rings. The molecule has 1 aliphatic carbocycles. The molecule has 1 N–H and O–H groups in total. The summed E-state index contributed by atoms with van der Waals surface area (Å²) in [7, 11) is 0. The van der Waals surface area contributed by atoms with E-state index in [1.807, 2.05) is 0 Å². The summed E-state index contributed by atoms with van der Waals surface area (Å²) in [5.41, 5.74) is 0. The fourth-order valence-electron chi connectivity index (χ4n) is 3.26. The van der Waals surface area contributed by atoms with Crippen molar-refractivity contribution in [2.24, 2.45) is 0 Å². The van der Waals surface area contributed by atoms with Crippen molar-refractivity contribution in [3.63, 3.8) is 0 Å². The summed E-state index contributed by atoms with van der Waals surface area (Å²) in [5.74, 6) is -0.200. The van der Waals surface area contributed by atoms with E-state index in [0.29, 0.717) is 6.10 Å². The molecule has 3 rings (SSSR count). The molecule has 1 spiro atoms. The number of hydrogen-bond acceptors (Lipinski definition) is 3. The Bertz CT molecular complexity index is 247. The third-order valence-corrected chi connectivity index (χ3v) is 4.25. The Kier molecular flexibility index (Phi) is 3.66. The summed E-state index contributed by atoms with van der Waals surface area (Å²) in [5, 5.41) is 0. The Labute approximate surface area is 103 Å². The smallest absolute Gasteiger partial charge is 0.169 e. The zero-order chi connectivity index (χ0) is 11.6. The first kappa shape index (κ1) is 11.9. The molecule has 0 aromatic carbocycles. The summed E-state index contributed by atoms with van der Waals surface area (Å²) in [6.45, 7) is 5.91. The molecule has 0 aromatic rings. The molecular formula is C13H24NO3+. The van der Waals surface area contributed by atoms with Gasteiger partial charge in [-0.25, -0.2) is 0 Å². The molecule has 1 saturated carbocycles. The third-order valence-electron chi connectivity index (χ3n) is 4.25. The number of rotatable bonds is 2. The van der Waals surface area contributed by atoms with E-state index in [0.717, 1.165) is 52.3 Å². The quantitative estimate of drug-likeness (QED) is 0.738. The first-order chi connectivity index (χ1) is 8.36. The van der Waals surface area contributed by atoms with Gasteiger partial charge in [0.05, 0.1) is 19.8 Å². The minimum atomic E-state index is -0.200. The van der Waals surface area contributed by atoms with Crippen molar-refractivity contribution >= 4 is 0 Å². The van der Waals surface area contributed by atoms with Gasteiger partial charge in [0.1, 0.15) is 25.7 Å². The Balaban J connectivity index is 1.49. The van der Waals surface area contributed by atoms with Crippen LogP contribution in [0.5, 0.6) is 0 Å². The van der Waals surface area contributed by atoms with Gasteiger partial charge in [0.15, 0.2) is 5.79 Å². The molecule has 4 heteroatoms. The molecule has 1 atom stereocenters. The lowest BCUT2D eigenvalue weighted by Gasteiger charge is -2.32. The van der Waals surface area contributed by atoms with Crippen molar-refractivity contribution in [3.8, 4) is 0 Å². The highest BCUT2D eigenvalue weighted by molar-refractivity contribution is 4.82. The predicted octanol–water partition coefficient (Wildman–Crippen LogP) is -0.0227. The van der Waals surface area contributed by atoms with E-state index >= 15 is 0 Å². The van der Waals surface area contributed by atoms with Crippen molar-refractivity contribution in [2.75, 3.05) is 39.5 Å². The summed E-state index contributed by atoms with van der Waals surface area (Å²) in [6.07, 6.45) is 6.37. The van der Waals surface area contributed by atoms with Crippen molar-refractivity contribution in [1.29, 1.82) is 0 Å². The lowest BCUT2D eigenvalue weighted by Crippen LogP contribution is -3.15. The Morgan fingerprint density at radius 1 is 1.06 bits per heavy atom. The molecule has 2 heterocycles. The second-order valence-corrected chi connectivity index (χ2v) is 5.59. The largest absolute Gasteiger partial charge is 0.370 e. The van der Waals surface area contributed by atoms with Crippen LogP contribution in [-0.2, 0) is 14.2 Å². The van der Waals surface area contributed by atoms with Gasteiger partial charge in [0.25, 0.3) is 0 Å². The van der Waals surface area contributed by atoms with Crippen LogP contribution in [0.15, 0.2) is 0 Å². The monoisotopic (exact) mass is 242 g/mol. The fourth-order valence-corrected chi connectivity index (χ4v) is 3.26. The van der Waals surface area contributed by atoms with E-state index in [9.17, 15) is 0 Å². The Morgan fingerprint density at radius 2 is 1.82 bits per heavy atom. The second kappa shape index (κ2) is 5.22. The maximum Gasteiger partial charge on any atom is 0.169 e. The van der Waals surface area contributed by atoms with Crippen LogP contribution >= 0.6 is 0 Å². The van der Waals surface area contributed by atoms with E-state index in [4.69, 9.17) is 14.2 Å². The number of quaternary nitrogens is 1. The van der Waals surface area contributed by atoms with E-state index in [-0.39, 0.29) is 5.79 Å². The first-order valence-corrected chi connectivity index (χ1v) is 7.09. The van der Waals surface area contributed by atoms with Crippen molar-refractivity contribution in [1.82, 2.24) is 0 Å². The number of ether oxygens (including phenoxy) is 3. The van der Waals surface area contributed by atoms with E-state index < -0.39 is 0 Å². The minimum absolute atomic E-state index is 0.200. The molecule has 0 bridgehead atoms. The normalized spacial score (nSPS) is 34.2. The van der Waals surface area contributed by atoms with Crippen LogP contribution in [-0.4, -0.2) is 51.3 Å². The van der Waals surface area contributed by atoms with Crippen molar-refractivity contribution in [3.05, 3.63) is 0 Å². The SMILES string of the molecule is C1CCC2(CC1)OCC(C[NH+]1CCOCC1)O2. The lowest BCUT2D eigenvalue weighted by molar-refractivity contribution is -0.910. The molecule has 1 unspecified atom stereocenters. The molecule has 17 heavy (non-hydrogen) atoms. The standard InChI is InChI=1S/C13H23NO3/c1-2-4-13(5-3-1)16-11-12(17-13)10-14-6-8-15-9-7-14/h12H,1-11H2/p+1.